The fourth-order valence-corrected chi connectivity index (χ4v) is 1.57. The van der Waals surface area contributed by atoms with E-state index in [1.54, 1.807) is 0 Å². The quantitative estimate of drug-likeness (QED) is 0.433. The van der Waals surface area contributed by atoms with Crippen molar-refractivity contribution >= 4 is 12.0 Å². The van der Waals surface area contributed by atoms with Crippen LogP contribution in [0.15, 0.2) is 0 Å². The molecule has 0 aliphatic rings. The third kappa shape index (κ3) is 9.52. The average Bonchev–Trinajstić information content (AvgIpc) is 2.28. The maximum absolute atomic E-state index is 11.5. The lowest BCUT2D eigenvalue weighted by molar-refractivity contribution is -0.137. The van der Waals surface area contributed by atoms with Crippen LogP contribution in [0.5, 0.6) is 0 Å². The smallest absolute Gasteiger partial charge is 0.315 e. The van der Waals surface area contributed by atoms with E-state index in [4.69, 9.17) is 11.5 Å². The number of terminal acetylenes is 1. The summed E-state index contributed by atoms with van der Waals surface area (Å²) in [4.78, 5) is 22.1. The minimum absolute atomic E-state index is 0.0433. The van der Waals surface area contributed by atoms with Gasteiger partial charge >= 0.3 is 12.0 Å². The van der Waals surface area contributed by atoms with Gasteiger partial charge in [-0.15, -0.1) is 12.3 Å². The van der Waals surface area contributed by atoms with E-state index >= 15 is 0 Å². The molecule has 0 radical (unpaired) electrons. The summed E-state index contributed by atoms with van der Waals surface area (Å²) in [5.74, 6) is 1.63. The van der Waals surface area contributed by atoms with Gasteiger partial charge in [-0.3, -0.25) is 4.79 Å². The lowest BCUT2D eigenvalue weighted by atomic mass is 10.1. The first-order valence-corrected chi connectivity index (χ1v) is 6.29. The van der Waals surface area contributed by atoms with Crippen LogP contribution in [0.3, 0.4) is 0 Å². The Morgan fingerprint density at radius 3 is 2.67 bits per heavy atom. The fourth-order valence-electron chi connectivity index (χ4n) is 1.57. The molecule has 1 unspecified atom stereocenters. The van der Waals surface area contributed by atoms with Gasteiger partial charge in [0.15, 0.2) is 0 Å². The highest BCUT2D eigenvalue weighted by molar-refractivity contribution is 5.75. The number of hydrogen-bond acceptors (Lipinski definition) is 2. The number of unbranched alkanes of at least 4 members (excludes halogenated alkanes) is 2. The zero-order valence-corrected chi connectivity index (χ0v) is 10.9. The highest BCUT2D eigenvalue weighted by Crippen LogP contribution is 2.01. The zero-order valence-electron chi connectivity index (χ0n) is 10.9. The Balaban J connectivity index is 3.80. The van der Waals surface area contributed by atoms with Crippen LogP contribution in [0.25, 0.3) is 0 Å². The number of rotatable bonds is 9. The van der Waals surface area contributed by atoms with E-state index in [0.717, 1.165) is 19.3 Å². The normalized spacial score (nSPS) is 11.3. The van der Waals surface area contributed by atoms with Gasteiger partial charge in [-0.1, -0.05) is 13.3 Å². The van der Waals surface area contributed by atoms with Crippen molar-refractivity contribution in [2.75, 3.05) is 6.54 Å². The topological polar surface area (TPSA) is 78.4 Å². The molecule has 0 saturated carbocycles. The molecule has 102 valence electrons. The Morgan fingerprint density at radius 2 is 2.11 bits per heavy atom. The molecule has 0 aliphatic carbocycles. The Morgan fingerprint density at radius 1 is 1.39 bits per heavy atom. The molecule has 0 fully saturated rings. The molecule has 0 bridgehead atoms. The van der Waals surface area contributed by atoms with Gasteiger partial charge in [0.1, 0.15) is 0 Å². The molecule has 0 spiro atoms. The molecule has 0 aliphatic heterocycles. The minimum atomic E-state index is -0.900. The summed E-state index contributed by atoms with van der Waals surface area (Å²) < 4.78 is 0. The Bertz CT molecular complexity index is 297. The van der Waals surface area contributed by atoms with Crippen molar-refractivity contribution in [1.29, 1.82) is 0 Å². The average molecular weight is 254 g/mol. The van der Waals surface area contributed by atoms with Crippen molar-refractivity contribution in [3.8, 4) is 12.3 Å². The summed E-state index contributed by atoms with van der Waals surface area (Å²) in [5.41, 5.74) is 0. The molecule has 1 atom stereocenters. The number of carbonyl (C=O) groups is 2. The van der Waals surface area contributed by atoms with Crippen molar-refractivity contribution in [3.63, 3.8) is 0 Å². The summed E-state index contributed by atoms with van der Waals surface area (Å²) in [6, 6.07) is -0.617. The van der Waals surface area contributed by atoms with Crippen molar-refractivity contribution < 1.29 is 14.7 Å². The number of aliphatic carboxylic acids is 1. The van der Waals surface area contributed by atoms with Gasteiger partial charge in [-0.2, -0.15) is 0 Å². The summed E-state index contributed by atoms with van der Waals surface area (Å²) >= 11 is 0. The first kappa shape index (κ1) is 16.3. The van der Waals surface area contributed by atoms with E-state index in [9.17, 15) is 9.59 Å². The molecule has 0 aromatic heterocycles. The molecule has 2 amide bonds. The summed E-state index contributed by atoms with van der Waals surface area (Å²) in [7, 11) is 0. The molecule has 0 aromatic carbocycles. The molecule has 5 nitrogen and oxygen atoms in total. The van der Waals surface area contributed by atoms with Gasteiger partial charge in [0, 0.05) is 19.0 Å². The van der Waals surface area contributed by atoms with Gasteiger partial charge in [0.05, 0.1) is 6.42 Å². The van der Waals surface area contributed by atoms with Crippen molar-refractivity contribution in [2.45, 2.75) is 51.5 Å². The predicted octanol–water partition coefficient (Wildman–Crippen LogP) is 1.73. The molecule has 0 aromatic rings. The third-order valence-electron chi connectivity index (χ3n) is 2.43. The minimum Gasteiger partial charge on any atom is -0.481 e. The van der Waals surface area contributed by atoms with Crippen LogP contribution in [0, 0.1) is 12.3 Å². The van der Waals surface area contributed by atoms with Crippen LogP contribution >= 0.6 is 0 Å². The van der Waals surface area contributed by atoms with Gasteiger partial charge in [0.25, 0.3) is 0 Å². The van der Waals surface area contributed by atoms with Crippen LogP contribution in [0.2, 0.25) is 0 Å². The van der Waals surface area contributed by atoms with E-state index in [0.29, 0.717) is 19.4 Å². The van der Waals surface area contributed by atoms with Crippen molar-refractivity contribution in [2.24, 2.45) is 0 Å². The number of urea groups is 1. The molecule has 0 rings (SSSR count). The van der Waals surface area contributed by atoms with Crippen LogP contribution in [-0.4, -0.2) is 29.7 Å². The number of hydrogen-bond donors (Lipinski definition) is 3. The Labute approximate surface area is 108 Å². The van der Waals surface area contributed by atoms with Crippen molar-refractivity contribution in [3.05, 3.63) is 0 Å². The SMILES string of the molecule is C#CCCCCNC(=O)NC(CCC)CC(=O)O. The van der Waals surface area contributed by atoms with Crippen LogP contribution in [0.1, 0.15) is 45.4 Å². The van der Waals surface area contributed by atoms with E-state index < -0.39 is 5.97 Å². The largest absolute Gasteiger partial charge is 0.481 e. The van der Waals surface area contributed by atoms with Gasteiger partial charge in [-0.25, -0.2) is 4.79 Å². The maximum Gasteiger partial charge on any atom is 0.315 e. The Kier molecular flexibility index (Phi) is 9.47. The second-order valence-corrected chi connectivity index (χ2v) is 4.14. The van der Waals surface area contributed by atoms with E-state index in [-0.39, 0.29) is 18.5 Å². The summed E-state index contributed by atoms with van der Waals surface area (Å²) in [6.45, 7) is 2.51. The predicted molar refractivity (Wildman–Crippen MR) is 70.2 cm³/mol. The molecule has 0 saturated heterocycles. The fraction of sp³-hybridized carbons (Fsp3) is 0.692. The maximum atomic E-state index is 11.5. The third-order valence-corrected chi connectivity index (χ3v) is 2.43. The zero-order chi connectivity index (χ0) is 13.8. The molecular weight excluding hydrogens is 232 g/mol. The van der Waals surface area contributed by atoms with Crippen LogP contribution < -0.4 is 10.6 Å². The molecule has 0 heterocycles. The lowest BCUT2D eigenvalue weighted by Crippen LogP contribution is -2.43. The molecular formula is C13H22N2O3. The number of nitrogens with one attached hydrogen (secondary N) is 2. The summed E-state index contributed by atoms with van der Waals surface area (Å²) in [5, 5.41) is 14.1. The van der Waals surface area contributed by atoms with Crippen LogP contribution in [-0.2, 0) is 4.79 Å². The number of carboxylic acid groups (broad SMARTS) is 1. The van der Waals surface area contributed by atoms with Gasteiger partial charge in [0.2, 0.25) is 0 Å². The van der Waals surface area contributed by atoms with E-state index in [1.165, 1.54) is 0 Å². The van der Waals surface area contributed by atoms with Crippen LogP contribution in [0.4, 0.5) is 4.79 Å². The first-order chi connectivity index (χ1) is 8.60. The Hall–Kier alpha value is -1.70. The van der Waals surface area contributed by atoms with Gasteiger partial charge < -0.3 is 15.7 Å². The van der Waals surface area contributed by atoms with E-state index in [2.05, 4.69) is 16.6 Å². The number of carbonyl (C=O) groups excluding carboxylic acids is 1. The van der Waals surface area contributed by atoms with E-state index in [1.807, 2.05) is 6.92 Å². The van der Waals surface area contributed by atoms with Gasteiger partial charge in [-0.05, 0) is 19.3 Å². The number of carboxylic acids is 1. The number of amides is 2. The first-order valence-electron chi connectivity index (χ1n) is 6.29. The second-order valence-electron chi connectivity index (χ2n) is 4.14. The highest BCUT2D eigenvalue weighted by atomic mass is 16.4. The van der Waals surface area contributed by atoms with Crippen molar-refractivity contribution in [1.82, 2.24) is 10.6 Å². The molecule has 18 heavy (non-hydrogen) atoms. The molecule has 5 heteroatoms. The lowest BCUT2D eigenvalue weighted by Gasteiger charge is -2.16. The highest BCUT2D eigenvalue weighted by Gasteiger charge is 2.14. The summed E-state index contributed by atoms with van der Waals surface area (Å²) in [6.07, 6.45) is 8.98. The molecule has 3 N–H and O–H groups in total. The monoisotopic (exact) mass is 254 g/mol. The second kappa shape index (κ2) is 10.5. The standard InChI is InChI=1S/C13H22N2O3/c1-3-5-6-7-9-14-13(18)15-11(8-4-2)10-12(16)17/h1,11H,4-10H2,2H3,(H,16,17)(H2,14,15,18).